The van der Waals surface area contributed by atoms with E-state index in [4.69, 9.17) is 0 Å². The average Bonchev–Trinajstić information content (AvgIpc) is 2.42. The second kappa shape index (κ2) is 6.32. The largest absolute Gasteiger partial charge is 0.348 e. The van der Waals surface area contributed by atoms with Gasteiger partial charge < -0.3 is 5.32 Å². The van der Waals surface area contributed by atoms with Crippen molar-refractivity contribution < 1.29 is 13.2 Å². The van der Waals surface area contributed by atoms with Crippen molar-refractivity contribution in [3.63, 3.8) is 0 Å². The number of carbonyl (C=O) groups is 1. The van der Waals surface area contributed by atoms with Crippen LogP contribution in [0.15, 0.2) is 24.5 Å². The summed E-state index contributed by atoms with van der Waals surface area (Å²) in [6.45, 7) is 3.01. The van der Waals surface area contributed by atoms with Gasteiger partial charge in [-0.2, -0.15) is 0 Å². The van der Waals surface area contributed by atoms with Crippen LogP contribution in [0.3, 0.4) is 0 Å². The van der Waals surface area contributed by atoms with Crippen molar-refractivity contribution in [3.05, 3.63) is 30.1 Å². The molecule has 0 unspecified atom stereocenters. The third-order valence-electron chi connectivity index (χ3n) is 3.39. The highest BCUT2D eigenvalue weighted by Crippen LogP contribution is 2.10. The number of amides is 1. The number of hydrogen-bond donors (Lipinski definition) is 1. The fourth-order valence-corrected chi connectivity index (χ4v) is 3.41. The summed E-state index contributed by atoms with van der Waals surface area (Å²) in [5.74, 6) is 0.189. The topological polar surface area (TPSA) is 79.4 Å². The Morgan fingerprint density at radius 3 is 2.55 bits per heavy atom. The van der Waals surface area contributed by atoms with Crippen molar-refractivity contribution in [1.82, 2.24) is 15.2 Å². The lowest BCUT2D eigenvalue weighted by Crippen LogP contribution is -2.45. The predicted octanol–water partition coefficient (Wildman–Crippen LogP) is -0.0108. The Labute approximate surface area is 119 Å². The first-order valence-electron chi connectivity index (χ1n) is 6.58. The smallest absolute Gasteiger partial charge is 0.234 e. The van der Waals surface area contributed by atoms with Crippen LogP contribution in [0.4, 0.5) is 0 Å². The van der Waals surface area contributed by atoms with Crippen LogP contribution in [0.1, 0.15) is 18.5 Å². The first kappa shape index (κ1) is 14.9. The maximum Gasteiger partial charge on any atom is 0.234 e. The maximum atomic E-state index is 11.9. The zero-order valence-electron chi connectivity index (χ0n) is 11.4. The third kappa shape index (κ3) is 4.28. The van der Waals surface area contributed by atoms with Gasteiger partial charge in [0.15, 0.2) is 9.84 Å². The third-order valence-corrected chi connectivity index (χ3v) is 5.00. The Hall–Kier alpha value is -1.47. The van der Waals surface area contributed by atoms with Crippen LogP contribution in [-0.4, -0.2) is 55.3 Å². The van der Waals surface area contributed by atoms with E-state index in [1.165, 1.54) is 0 Å². The van der Waals surface area contributed by atoms with E-state index in [9.17, 15) is 13.2 Å². The van der Waals surface area contributed by atoms with Gasteiger partial charge in [-0.1, -0.05) is 0 Å². The molecule has 0 radical (unpaired) electrons. The van der Waals surface area contributed by atoms with Gasteiger partial charge in [0, 0.05) is 25.5 Å². The van der Waals surface area contributed by atoms with Gasteiger partial charge in [0.2, 0.25) is 5.91 Å². The van der Waals surface area contributed by atoms with Gasteiger partial charge in [0.1, 0.15) is 0 Å². The molecule has 1 aromatic heterocycles. The lowest BCUT2D eigenvalue weighted by atomic mass is 10.1. The van der Waals surface area contributed by atoms with E-state index in [0.29, 0.717) is 13.1 Å². The minimum atomic E-state index is -2.90. The second-order valence-electron chi connectivity index (χ2n) is 5.00. The van der Waals surface area contributed by atoms with Crippen LogP contribution in [0.25, 0.3) is 0 Å². The molecule has 2 heterocycles. The van der Waals surface area contributed by atoms with Gasteiger partial charge in [0.05, 0.1) is 24.1 Å². The van der Waals surface area contributed by atoms with Crippen molar-refractivity contribution in [3.8, 4) is 0 Å². The van der Waals surface area contributed by atoms with Gasteiger partial charge in [0.25, 0.3) is 0 Å². The zero-order chi connectivity index (χ0) is 14.6. The lowest BCUT2D eigenvalue weighted by molar-refractivity contribution is -0.122. The molecule has 7 heteroatoms. The van der Waals surface area contributed by atoms with Crippen LogP contribution < -0.4 is 5.32 Å². The number of nitrogens with one attached hydrogen (secondary N) is 1. The highest BCUT2D eigenvalue weighted by Gasteiger charge is 2.23. The number of nitrogens with zero attached hydrogens (tertiary/aromatic N) is 2. The maximum absolute atomic E-state index is 11.9. The number of sulfone groups is 1. The van der Waals surface area contributed by atoms with Crippen molar-refractivity contribution >= 4 is 15.7 Å². The molecule has 1 aromatic rings. The molecular formula is C13H19N3O3S. The van der Waals surface area contributed by atoms with Gasteiger partial charge >= 0.3 is 0 Å². The summed E-state index contributed by atoms with van der Waals surface area (Å²) >= 11 is 0. The monoisotopic (exact) mass is 297 g/mol. The highest BCUT2D eigenvalue weighted by molar-refractivity contribution is 7.91. The van der Waals surface area contributed by atoms with Crippen molar-refractivity contribution in [2.75, 3.05) is 31.1 Å². The van der Waals surface area contributed by atoms with Crippen LogP contribution in [0.5, 0.6) is 0 Å². The summed E-state index contributed by atoms with van der Waals surface area (Å²) in [7, 11) is -2.90. The van der Waals surface area contributed by atoms with E-state index >= 15 is 0 Å². The predicted molar refractivity (Wildman–Crippen MR) is 75.9 cm³/mol. The summed E-state index contributed by atoms with van der Waals surface area (Å²) in [5, 5.41) is 2.91. The van der Waals surface area contributed by atoms with Crippen molar-refractivity contribution in [2.45, 2.75) is 13.0 Å². The first-order chi connectivity index (χ1) is 9.46. The molecule has 1 N–H and O–H groups in total. The summed E-state index contributed by atoms with van der Waals surface area (Å²) in [6.07, 6.45) is 3.38. The van der Waals surface area contributed by atoms with Crippen molar-refractivity contribution in [2.24, 2.45) is 0 Å². The molecule has 1 atom stereocenters. The molecule has 0 bridgehead atoms. The molecule has 0 spiro atoms. The Bertz CT molecular complexity index is 545. The summed E-state index contributed by atoms with van der Waals surface area (Å²) < 4.78 is 22.6. The fraction of sp³-hybridized carbons (Fsp3) is 0.538. The minimum absolute atomic E-state index is 0.0842. The number of pyridine rings is 1. The van der Waals surface area contributed by atoms with Gasteiger partial charge in [-0.25, -0.2) is 8.42 Å². The molecule has 0 saturated carbocycles. The van der Waals surface area contributed by atoms with Crippen LogP contribution >= 0.6 is 0 Å². The fourth-order valence-electron chi connectivity index (χ4n) is 2.13. The molecule has 1 aliphatic rings. The number of hydrogen-bond acceptors (Lipinski definition) is 5. The molecule has 0 aromatic carbocycles. The second-order valence-corrected chi connectivity index (χ2v) is 7.30. The molecule has 1 aliphatic heterocycles. The Balaban J connectivity index is 1.81. The molecule has 110 valence electrons. The lowest BCUT2D eigenvalue weighted by Gasteiger charge is -2.26. The first-order valence-corrected chi connectivity index (χ1v) is 8.40. The van der Waals surface area contributed by atoms with Gasteiger partial charge in [-0.05, 0) is 24.6 Å². The number of aromatic nitrogens is 1. The standard InChI is InChI=1S/C13H19N3O3S/c1-11(12-2-4-14-5-3-12)15-13(17)10-16-6-8-20(18,19)9-7-16/h2-5,11H,6-10H2,1H3,(H,15,17)/t11-/m0/s1. The molecule has 0 aliphatic carbocycles. The van der Waals surface area contributed by atoms with E-state index in [1.54, 1.807) is 12.4 Å². The zero-order valence-corrected chi connectivity index (χ0v) is 12.3. The van der Waals surface area contributed by atoms with Crippen LogP contribution in [-0.2, 0) is 14.6 Å². The van der Waals surface area contributed by atoms with E-state index < -0.39 is 9.84 Å². The van der Waals surface area contributed by atoms with Crippen LogP contribution in [0.2, 0.25) is 0 Å². The quantitative estimate of drug-likeness (QED) is 0.845. The van der Waals surface area contributed by atoms with E-state index in [1.807, 2.05) is 24.0 Å². The number of carbonyl (C=O) groups excluding carboxylic acids is 1. The number of rotatable bonds is 4. The SMILES string of the molecule is C[C@H](NC(=O)CN1CCS(=O)(=O)CC1)c1ccncc1. The van der Waals surface area contributed by atoms with E-state index in [-0.39, 0.29) is 30.0 Å². The molecule has 20 heavy (non-hydrogen) atoms. The molecule has 1 saturated heterocycles. The summed E-state index contributed by atoms with van der Waals surface area (Å²) in [4.78, 5) is 17.7. The summed E-state index contributed by atoms with van der Waals surface area (Å²) in [5.41, 5.74) is 0.995. The molecule has 1 fully saturated rings. The molecular weight excluding hydrogens is 278 g/mol. The normalized spacial score (nSPS) is 20.2. The van der Waals surface area contributed by atoms with Crippen molar-refractivity contribution in [1.29, 1.82) is 0 Å². The minimum Gasteiger partial charge on any atom is -0.348 e. The average molecular weight is 297 g/mol. The molecule has 6 nitrogen and oxygen atoms in total. The van der Waals surface area contributed by atoms with Gasteiger partial charge in [-0.15, -0.1) is 0 Å². The van der Waals surface area contributed by atoms with E-state index in [2.05, 4.69) is 10.3 Å². The molecule has 2 rings (SSSR count). The Morgan fingerprint density at radius 2 is 1.95 bits per heavy atom. The Morgan fingerprint density at radius 1 is 1.35 bits per heavy atom. The highest BCUT2D eigenvalue weighted by atomic mass is 32.2. The Kier molecular flexibility index (Phi) is 4.72. The van der Waals surface area contributed by atoms with E-state index in [0.717, 1.165) is 5.56 Å². The van der Waals surface area contributed by atoms with Crippen LogP contribution in [0, 0.1) is 0 Å². The van der Waals surface area contributed by atoms with Gasteiger partial charge in [-0.3, -0.25) is 14.7 Å². The molecule has 1 amide bonds. The summed E-state index contributed by atoms with van der Waals surface area (Å²) in [6, 6.07) is 3.63.